The molecule has 0 aliphatic rings. The number of benzene rings is 2. The molecule has 5 nitrogen and oxygen atoms in total. The molecule has 0 unspecified atom stereocenters. The Kier molecular flexibility index (Phi) is 5.56. The van der Waals surface area contributed by atoms with Crippen LogP contribution in [-0.4, -0.2) is 17.6 Å². The van der Waals surface area contributed by atoms with Gasteiger partial charge in [-0.25, -0.2) is 9.79 Å². The number of hydrogen-bond donors (Lipinski definition) is 0. The first-order chi connectivity index (χ1) is 12.5. The predicted molar refractivity (Wildman–Crippen MR) is 103 cm³/mol. The highest BCUT2D eigenvalue weighted by Gasteiger charge is 2.13. The summed E-state index contributed by atoms with van der Waals surface area (Å²) in [5, 5.41) is 0.807. The van der Waals surface area contributed by atoms with Crippen molar-refractivity contribution in [2.75, 3.05) is 7.11 Å². The molecule has 0 aliphatic carbocycles. The van der Waals surface area contributed by atoms with Crippen LogP contribution in [0.3, 0.4) is 0 Å². The van der Waals surface area contributed by atoms with Crippen LogP contribution in [0.1, 0.15) is 9.67 Å². The number of para-hydroxylation sites is 1. The molecule has 0 atom stereocenters. The Balaban J connectivity index is 2.33. The number of carbonyl (C=O) groups excluding carboxylic acids is 1. The zero-order valence-corrected chi connectivity index (χ0v) is 15.8. The molecule has 0 aliphatic heterocycles. The Bertz CT molecular complexity index is 1090. The minimum atomic E-state index is -0.606. The maximum absolute atomic E-state index is 12.7. The van der Waals surface area contributed by atoms with Crippen LogP contribution in [0.5, 0.6) is 0 Å². The molecule has 26 heavy (non-hydrogen) atoms. The van der Waals surface area contributed by atoms with Gasteiger partial charge in [-0.3, -0.25) is 9.36 Å². The lowest BCUT2D eigenvalue weighted by Crippen LogP contribution is -2.31. The van der Waals surface area contributed by atoms with Crippen molar-refractivity contribution in [3.63, 3.8) is 0 Å². The van der Waals surface area contributed by atoms with E-state index in [2.05, 4.69) is 4.99 Å². The Morgan fingerprint density at radius 1 is 1.12 bits per heavy atom. The summed E-state index contributed by atoms with van der Waals surface area (Å²) < 4.78 is 6.12. The highest BCUT2D eigenvalue weighted by molar-refractivity contribution is 7.11. The van der Waals surface area contributed by atoms with Crippen LogP contribution >= 0.6 is 34.5 Å². The van der Waals surface area contributed by atoms with Crippen LogP contribution in [0.4, 0.5) is 5.69 Å². The second kappa shape index (κ2) is 7.86. The minimum Gasteiger partial charge on any atom is -0.465 e. The molecule has 3 aromatic rings. The van der Waals surface area contributed by atoms with Crippen molar-refractivity contribution < 1.29 is 9.53 Å². The monoisotopic (exact) mass is 406 g/mol. The third kappa shape index (κ3) is 3.88. The number of methoxy groups -OCH3 is 1. The quantitative estimate of drug-likeness (QED) is 0.611. The number of rotatable bonds is 3. The Morgan fingerprint density at radius 2 is 1.85 bits per heavy atom. The molecule has 0 saturated carbocycles. The molecule has 132 valence electrons. The second-order valence-electron chi connectivity index (χ2n) is 5.10. The van der Waals surface area contributed by atoms with Gasteiger partial charge in [-0.2, -0.15) is 0 Å². The van der Waals surface area contributed by atoms with E-state index in [1.165, 1.54) is 17.7 Å². The number of ether oxygens (including phenoxy) is 1. The second-order valence-corrected chi connectivity index (χ2v) is 6.95. The maximum atomic E-state index is 12.7. The van der Waals surface area contributed by atoms with Crippen molar-refractivity contribution in [3.8, 4) is 5.69 Å². The molecule has 8 heteroatoms. The number of carbonyl (C=O) groups is 1. The molecule has 0 radical (unpaired) electrons. The normalized spacial score (nSPS) is 11.4. The molecule has 1 aromatic heterocycles. The Labute approximate surface area is 162 Å². The first-order valence-electron chi connectivity index (χ1n) is 7.40. The van der Waals surface area contributed by atoms with Crippen molar-refractivity contribution in [2.24, 2.45) is 4.99 Å². The summed E-state index contributed by atoms with van der Waals surface area (Å²) in [7, 11) is 1.25. The highest BCUT2D eigenvalue weighted by Crippen LogP contribution is 2.27. The molecular formula is C18H12Cl2N2O3S. The molecule has 3 rings (SSSR count). The fraction of sp³-hybridized carbons (Fsp3) is 0.0556. The molecule has 0 spiro atoms. The summed E-state index contributed by atoms with van der Waals surface area (Å²) >= 11 is 13.1. The largest absolute Gasteiger partial charge is 0.465 e. The average molecular weight is 407 g/mol. The number of nitrogens with zero attached hydrogens (tertiary/aromatic N) is 2. The van der Waals surface area contributed by atoms with Crippen LogP contribution in [0.2, 0.25) is 10.0 Å². The van der Waals surface area contributed by atoms with Crippen molar-refractivity contribution in [2.45, 2.75) is 0 Å². The maximum Gasteiger partial charge on any atom is 0.348 e. The summed E-state index contributed by atoms with van der Waals surface area (Å²) in [5.74, 6) is -0.606. The van der Waals surface area contributed by atoms with E-state index < -0.39 is 11.5 Å². The molecule has 0 saturated heterocycles. The summed E-state index contributed by atoms with van der Waals surface area (Å²) in [6, 6.07) is 15.1. The van der Waals surface area contributed by atoms with Crippen LogP contribution in [-0.2, 0) is 4.74 Å². The smallest absolute Gasteiger partial charge is 0.348 e. The van der Waals surface area contributed by atoms with Crippen molar-refractivity contribution >= 4 is 46.2 Å². The van der Waals surface area contributed by atoms with Crippen LogP contribution < -0.4 is 10.4 Å². The summed E-state index contributed by atoms with van der Waals surface area (Å²) in [4.78, 5) is 29.5. The number of esters is 1. The molecule has 0 N–H and O–H groups in total. The van der Waals surface area contributed by atoms with Gasteiger partial charge in [-0.1, -0.05) is 52.7 Å². The van der Waals surface area contributed by atoms with Gasteiger partial charge >= 0.3 is 5.97 Å². The van der Waals surface area contributed by atoms with Crippen molar-refractivity contribution in [3.05, 3.63) is 84.7 Å². The van der Waals surface area contributed by atoms with E-state index in [0.717, 1.165) is 11.3 Å². The van der Waals surface area contributed by atoms with Gasteiger partial charge in [-0.15, -0.1) is 0 Å². The van der Waals surface area contributed by atoms with E-state index in [1.54, 1.807) is 42.5 Å². The third-order valence-corrected chi connectivity index (χ3v) is 4.89. The van der Waals surface area contributed by atoms with E-state index in [4.69, 9.17) is 27.9 Å². The average Bonchev–Trinajstić information content (AvgIpc) is 2.63. The zero-order chi connectivity index (χ0) is 18.7. The first kappa shape index (κ1) is 18.4. The van der Waals surface area contributed by atoms with E-state index in [-0.39, 0.29) is 9.68 Å². The van der Waals surface area contributed by atoms with Gasteiger partial charge in [0.25, 0.3) is 5.56 Å². The summed E-state index contributed by atoms with van der Waals surface area (Å²) in [6.45, 7) is 0. The predicted octanol–water partition coefficient (Wildman–Crippen LogP) is 4.22. The van der Waals surface area contributed by atoms with Gasteiger partial charge < -0.3 is 4.74 Å². The number of aromatic nitrogens is 1. The highest BCUT2D eigenvalue weighted by atomic mass is 35.5. The Hall–Kier alpha value is -2.41. The zero-order valence-electron chi connectivity index (χ0n) is 13.5. The standard InChI is InChI=1S/C18H12Cl2N2O3S/c1-25-17(24)15-10-16(23)22(12-5-3-2-4-6-12)18(26-15)21-14-8-7-11(19)9-13(14)20/h2-10H,1H3. The van der Waals surface area contributed by atoms with Gasteiger partial charge in [0, 0.05) is 11.1 Å². The van der Waals surface area contributed by atoms with E-state index in [9.17, 15) is 9.59 Å². The van der Waals surface area contributed by atoms with Gasteiger partial charge in [0.1, 0.15) is 4.88 Å². The van der Waals surface area contributed by atoms with Gasteiger partial charge in [-0.05, 0) is 30.3 Å². The summed E-state index contributed by atoms with van der Waals surface area (Å²) in [5.41, 5.74) is 0.645. The molecule has 0 bridgehead atoms. The molecule has 1 heterocycles. The van der Waals surface area contributed by atoms with Crippen LogP contribution in [0.25, 0.3) is 5.69 Å². The number of hydrogen-bond acceptors (Lipinski definition) is 5. The van der Waals surface area contributed by atoms with E-state index >= 15 is 0 Å². The van der Waals surface area contributed by atoms with E-state index in [1.807, 2.05) is 6.07 Å². The lowest BCUT2D eigenvalue weighted by atomic mass is 10.3. The lowest BCUT2D eigenvalue weighted by Gasteiger charge is -2.08. The van der Waals surface area contributed by atoms with Gasteiger partial charge in [0.05, 0.1) is 23.5 Å². The lowest BCUT2D eigenvalue weighted by molar-refractivity contribution is 0.0606. The fourth-order valence-electron chi connectivity index (χ4n) is 2.21. The fourth-order valence-corrected chi connectivity index (χ4v) is 3.61. The van der Waals surface area contributed by atoms with E-state index in [0.29, 0.717) is 21.4 Å². The molecule has 0 amide bonds. The van der Waals surface area contributed by atoms with Gasteiger partial charge in [0.2, 0.25) is 0 Å². The van der Waals surface area contributed by atoms with Crippen LogP contribution in [0.15, 0.2) is 64.4 Å². The Morgan fingerprint density at radius 3 is 2.50 bits per heavy atom. The topological polar surface area (TPSA) is 60.7 Å². The minimum absolute atomic E-state index is 0.147. The van der Waals surface area contributed by atoms with Crippen LogP contribution in [0, 0.1) is 0 Å². The van der Waals surface area contributed by atoms with Gasteiger partial charge in [0.15, 0.2) is 4.80 Å². The first-order valence-corrected chi connectivity index (χ1v) is 8.97. The van der Waals surface area contributed by atoms with Crippen molar-refractivity contribution in [1.82, 2.24) is 4.57 Å². The molecule has 2 aromatic carbocycles. The molecule has 0 fully saturated rings. The number of halogens is 2. The molecular weight excluding hydrogens is 395 g/mol. The summed E-state index contributed by atoms with van der Waals surface area (Å²) in [6.07, 6.45) is 0. The SMILES string of the molecule is COC(=O)c1cc(=O)n(-c2ccccc2)c(=Nc2ccc(Cl)cc2Cl)s1. The van der Waals surface area contributed by atoms with Crippen molar-refractivity contribution in [1.29, 1.82) is 0 Å². The third-order valence-electron chi connectivity index (χ3n) is 3.39.